The number of nitrogens with zero attached hydrogens (tertiary/aromatic N) is 3. The summed E-state index contributed by atoms with van der Waals surface area (Å²) in [6.45, 7) is 7.81. The zero-order valence-electron chi connectivity index (χ0n) is 13.0. The Bertz CT molecular complexity index is 478. The van der Waals surface area contributed by atoms with E-state index in [1.807, 2.05) is 29.6 Å². The van der Waals surface area contributed by atoms with Gasteiger partial charge in [0.05, 0.1) is 0 Å². The van der Waals surface area contributed by atoms with Gasteiger partial charge < -0.3 is 10.6 Å². The van der Waals surface area contributed by atoms with Crippen LogP contribution in [0.2, 0.25) is 0 Å². The molecule has 2 atom stereocenters. The first-order valence-corrected chi connectivity index (χ1v) is 7.49. The van der Waals surface area contributed by atoms with Gasteiger partial charge in [-0.25, -0.2) is 0 Å². The van der Waals surface area contributed by atoms with Gasteiger partial charge in [0.25, 0.3) is 5.91 Å². The maximum absolute atomic E-state index is 12.6. The van der Waals surface area contributed by atoms with E-state index in [-0.39, 0.29) is 11.9 Å². The quantitative estimate of drug-likeness (QED) is 0.916. The van der Waals surface area contributed by atoms with E-state index in [1.54, 1.807) is 0 Å². The lowest BCUT2D eigenvalue weighted by atomic mass is 9.92. The molecule has 1 aromatic heterocycles. The van der Waals surface area contributed by atoms with E-state index in [2.05, 4.69) is 18.9 Å². The molecule has 5 heteroatoms. The van der Waals surface area contributed by atoms with Crippen LogP contribution in [-0.4, -0.2) is 39.7 Å². The van der Waals surface area contributed by atoms with E-state index in [0.29, 0.717) is 17.5 Å². The van der Waals surface area contributed by atoms with Crippen LogP contribution in [-0.2, 0) is 7.05 Å². The van der Waals surface area contributed by atoms with Gasteiger partial charge in [-0.05, 0) is 37.7 Å². The average Bonchev–Trinajstić information content (AvgIpc) is 2.80. The number of piperidine rings is 1. The SMILES string of the molecule is CC(C)c1cc(C(=O)N2CCC[C@@H]([C@@H](C)N)C2)nn1C. The fraction of sp³-hybridized carbons (Fsp3) is 0.733. The molecular formula is C15H26N4O. The molecule has 5 nitrogen and oxygen atoms in total. The molecule has 112 valence electrons. The molecule has 0 unspecified atom stereocenters. The van der Waals surface area contributed by atoms with Gasteiger partial charge in [-0.3, -0.25) is 9.48 Å². The number of hydrogen-bond donors (Lipinski definition) is 1. The molecule has 0 bridgehead atoms. The highest BCUT2D eigenvalue weighted by Crippen LogP contribution is 2.21. The summed E-state index contributed by atoms with van der Waals surface area (Å²) in [5, 5.41) is 4.37. The van der Waals surface area contributed by atoms with E-state index in [9.17, 15) is 4.79 Å². The molecule has 0 aromatic carbocycles. The summed E-state index contributed by atoms with van der Waals surface area (Å²) in [6, 6.07) is 2.06. The molecule has 20 heavy (non-hydrogen) atoms. The minimum atomic E-state index is 0.0397. The molecule has 2 N–H and O–H groups in total. The number of hydrogen-bond acceptors (Lipinski definition) is 3. The van der Waals surface area contributed by atoms with Gasteiger partial charge >= 0.3 is 0 Å². The van der Waals surface area contributed by atoms with Crippen LogP contribution in [0, 0.1) is 5.92 Å². The Kier molecular flexibility index (Phi) is 4.48. The van der Waals surface area contributed by atoms with Gasteiger partial charge in [0.15, 0.2) is 5.69 Å². The van der Waals surface area contributed by atoms with Crippen molar-refractivity contribution in [3.63, 3.8) is 0 Å². The second-order valence-electron chi connectivity index (χ2n) is 6.25. The lowest BCUT2D eigenvalue weighted by molar-refractivity contribution is 0.0654. The van der Waals surface area contributed by atoms with Crippen LogP contribution in [0.3, 0.4) is 0 Å². The Balaban J connectivity index is 2.13. The monoisotopic (exact) mass is 278 g/mol. The minimum Gasteiger partial charge on any atom is -0.337 e. The van der Waals surface area contributed by atoms with Crippen molar-refractivity contribution < 1.29 is 4.79 Å². The van der Waals surface area contributed by atoms with Gasteiger partial charge in [-0.2, -0.15) is 5.10 Å². The zero-order chi connectivity index (χ0) is 14.9. The lowest BCUT2D eigenvalue weighted by Gasteiger charge is -2.34. The van der Waals surface area contributed by atoms with Gasteiger partial charge in [-0.15, -0.1) is 0 Å². The number of likely N-dealkylation sites (tertiary alicyclic amines) is 1. The summed E-state index contributed by atoms with van der Waals surface area (Å²) in [6.07, 6.45) is 2.14. The lowest BCUT2D eigenvalue weighted by Crippen LogP contribution is -2.45. The van der Waals surface area contributed by atoms with Crippen LogP contribution < -0.4 is 5.73 Å². The number of nitrogens with two attached hydrogens (primary N) is 1. The van der Waals surface area contributed by atoms with E-state index < -0.39 is 0 Å². The Morgan fingerprint density at radius 2 is 2.15 bits per heavy atom. The van der Waals surface area contributed by atoms with Crippen LogP contribution >= 0.6 is 0 Å². The normalized spacial score (nSPS) is 21.3. The highest BCUT2D eigenvalue weighted by atomic mass is 16.2. The van der Waals surface area contributed by atoms with Gasteiger partial charge in [-0.1, -0.05) is 13.8 Å². The largest absolute Gasteiger partial charge is 0.337 e. The van der Waals surface area contributed by atoms with Crippen LogP contribution in [0.1, 0.15) is 55.7 Å². The van der Waals surface area contributed by atoms with Crippen molar-refractivity contribution in [2.24, 2.45) is 18.7 Å². The van der Waals surface area contributed by atoms with Crippen LogP contribution in [0.4, 0.5) is 0 Å². The highest BCUT2D eigenvalue weighted by molar-refractivity contribution is 5.92. The van der Waals surface area contributed by atoms with E-state index in [0.717, 1.165) is 31.6 Å². The maximum Gasteiger partial charge on any atom is 0.274 e. The molecule has 0 aliphatic carbocycles. The fourth-order valence-corrected chi connectivity index (χ4v) is 2.91. The third-order valence-electron chi connectivity index (χ3n) is 4.22. The molecule has 1 fully saturated rings. The molecule has 1 aliphatic heterocycles. The molecule has 0 radical (unpaired) electrons. The molecule has 2 heterocycles. The molecule has 1 amide bonds. The number of carbonyl (C=O) groups is 1. The Labute approximate surface area is 121 Å². The summed E-state index contributed by atoms with van der Waals surface area (Å²) >= 11 is 0. The topological polar surface area (TPSA) is 64.2 Å². The summed E-state index contributed by atoms with van der Waals surface area (Å²) in [5.41, 5.74) is 7.63. The van der Waals surface area contributed by atoms with E-state index in [4.69, 9.17) is 5.73 Å². The van der Waals surface area contributed by atoms with Crippen molar-refractivity contribution >= 4 is 5.91 Å². The maximum atomic E-state index is 12.6. The summed E-state index contributed by atoms with van der Waals surface area (Å²) in [5.74, 6) is 0.811. The molecule has 2 rings (SSSR count). The van der Waals surface area contributed by atoms with Crippen LogP contribution in [0.25, 0.3) is 0 Å². The summed E-state index contributed by atoms with van der Waals surface area (Å²) in [7, 11) is 1.90. The number of rotatable bonds is 3. The first-order valence-electron chi connectivity index (χ1n) is 7.49. The third-order valence-corrected chi connectivity index (χ3v) is 4.22. The Hall–Kier alpha value is -1.36. The molecule has 0 spiro atoms. The van der Waals surface area contributed by atoms with E-state index >= 15 is 0 Å². The summed E-state index contributed by atoms with van der Waals surface area (Å²) in [4.78, 5) is 14.5. The number of aryl methyl sites for hydroxylation is 1. The van der Waals surface area contributed by atoms with Crippen LogP contribution in [0.5, 0.6) is 0 Å². The minimum absolute atomic E-state index is 0.0397. The molecule has 1 aromatic rings. The first-order chi connectivity index (χ1) is 9.40. The first kappa shape index (κ1) is 15.0. The molecular weight excluding hydrogens is 252 g/mol. The number of aromatic nitrogens is 2. The zero-order valence-corrected chi connectivity index (χ0v) is 13.0. The average molecular weight is 278 g/mol. The van der Waals surface area contributed by atoms with Gasteiger partial charge in [0, 0.05) is 31.9 Å². The fourth-order valence-electron chi connectivity index (χ4n) is 2.91. The second kappa shape index (κ2) is 5.95. The van der Waals surface area contributed by atoms with E-state index in [1.165, 1.54) is 0 Å². The van der Waals surface area contributed by atoms with Crippen molar-refractivity contribution in [2.75, 3.05) is 13.1 Å². The van der Waals surface area contributed by atoms with Gasteiger partial charge in [0.2, 0.25) is 0 Å². The van der Waals surface area contributed by atoms with Crippen molar-refractivity contribution in [3.05, 3.63) is 17.5 Å². The predicted molar refractivity (Wildman–Crippen MR) is 79.6 cm³/mol. The molecule has 1 saturated heterocycles. The summed E-state index contributed by atoms with van der Waals surface area (Å²) < 4.78 is 1.81. The third kappa shape index (κ3) is 3.03. The number of carbonyl (C=O) groups excluding carboxylic acids is 1. The van der Waals surface area contributed by atoms with Crippen molar-refractivity contribution in [1.82, 2.24) is 14.7 Å². The Morgan fingerprint density at radius 1 is 1.45 bits per heavy atom. The molecule has 1 aliphatic rings. The van der Waals surface area contributed by atoms with Crippen molar-refractivity contribution in [1.29, 1.82) is 0 Å². The second-order valence-corrected chi connectivity index (χ2v) is 6.25. The van der Waals surface area contributed by atoms with Crippen molar-refractivity contribution in [2.45, 2.75) is 45.6 Å². The number of amides is 1. The smallest absolute Gasteiger partial charge is 0.274 e. The highest BCUT2D eigenvalue weighted by Gasteiger charge is 2.28. The Morgan fingerprint density at radius 3 is 2.70 bits per heavy atom. The van der Waals surface area contributed by atoms with Crippen LogP contribution in [0.15, 0.2) is 6.07 Å². The van der Waals surface area contributed by atoms with Gasteiger partial charge in [0.1, 0.15) is 0 Å². The molecule has 0 saturated carbocycles. The standard InChI is InChI=1S/C15H26N4O/c1-10(2)14-8-13(17-18(14)4)15(20)19-7-5-6-12(9-19)11(3)16/h8,10-12H,5-7,9,16H2,1-4H3/t11-,12-/m1/s1. The predicted octanol–water partition coefficient (Wildman–Crippen LogP) is 1.74. The van der Waals surface area contributed by atoms with Crippen molar-refractivity contribution in [3.8, 4) is 0 Å².